The molecule has 0 radical (unpaired) electrons. The number of fused-ring (bicyclic) bond motifs is 2. The van der Waals surface area contributed by atoms with Gasteiger partial charge in [0.25, 0.3) is 5.56 Å². The zero-order valence-electron chi connectivity index (χ0n) is 20.0. The fraction of sp³-hybridized carbons (Fsp3) is 0.143. The number of carbonyl (C=O) groups excluding carboxylic acids is 1. The van der Waals surface area contributed by atoms with Crippen LogP contribution < -0.4 is 16.5 Å². The van der Waals surface area contributed by atoms with Crippen LogP contribution in [0.4, 0.5) is 5.69 Å². The van der Waals surface area contributed by atoms with Crippen LogP contribution in [0.2, 0.25) is 0 Å². The van der Waals surface area contributed by atoms with Gasteiger partial charge in [-0.05, 0) is 60.9 Å². The molecule has 0 aliphatic carbocycles. The van der Waals surface area contributed by atoms with Crippen LogP contribution >= 0.6 is 11.8 Å². The lowest BCUT2D eigenvalue weighted by molar-refractivity contribution is -0.114. The first-order valence-electron chi connectivity index (χ1n) is 11.4. The van der Waals surface area contributed by atoms with Crippen molar-refractivity contribution in [1.82, 2.24) is 9.55 Å². The zero-order chi connectivity index (χ0) is 25.4. The molecule has 0 atom stereocenters. The molecule has 0 fully saturated rings. The molecule has 7 nitrogen and oxygen atoms in total. The van der Waals surface area contributed by atoms with Gasteiger partial charge in [-0.25, -0.2) is 9.78 Å². The van der Waals surface area contributed by atoms with Crippen LogP contribution in [0.5, 0.6) is 0 Å². The summed E-state index contributed by atoms with van der Waals surface area (Å²) in [4.78, 5) is 42.2. The number of nitrogens with zero attached hydrogens (tertiary/aromatic N) is 2. The molecule has 0 aliphatic rings. The Morgan fingerprint density at radius 2 is 1.81 bits per heavy atom. The second-order valence-electron chi connectivity index (χ2n) is 8.61. The average molecular weight is 498 g/mol. The van der Waals surface area contributed by atoms with Crippen molar-refractivity contribution in [3.05, 3.63) is 104 Å². The van der Waals surface area contributed by atoms with Crippen LogP contribution in [0, 0.1) is 13.8 Å². The van der Waals surface area contributed by atoms with Crippen molar-refractivity contribution in [3.63, 3.8) is 0 Å². The van der Waals surface area contributed by atoms with Gasteiger partial charge in [-0.1, -0.05) is 36.0 Å². The minimum absolute atomic E-state index is 0.144. The van der Waals surface area contributed by atoms with Gasteiger partial charge >= 0.3 is 5.63 Å². The van der Waals surface area contributed by atoms with Crippen LogP contribution in [0.3, 0.4) is 0 Å². The third kappa shape index (κ3) is 4.55. The van der Waals surface area contributed by atoms with Crippen LogP contribution in [-0.4, -0.2) is 15.5 Å². The predicted octanol–water partition coefficient (Wildman–Crippen LogP) is 5.36. The zero-order valence-corrected chi connectivity index (χ0v) is 20.8. The number of nitrogens with one attached hydrogen (secondary N) is 1. The van der Waals surface area contributed by atoms with Crippen molar-refractivity contribution < 1.29 is 9.21 Å². The topological polar surface area (TPSA) is 94.2 Å². The van der Waals surface area contributed by atoms with Gasteiger partial charge in [-0.2, -0.15) is 0 Å². The Morgan fingerprint density at radius 1 is 1.00 bits per heavy atom. The number of para-hydroxylation sites is 1. The highest BCUT2D eigenvalue weighted by Crippen LogP contribution is 2.29. The molecule has 0 saturated carbocycles. The smallest absolute Gasteiger partial charge is 0.336 e. The molecule has 0 saturated heterocycles. The Hall–Kier alpha value is -4.17. The standard InChI is InChI=1S/C28H23N3O4S/c1-16-8-9-17(2)24(12-16)31-27(34)22-6-4-5-7-23(22)30-28(31)36-15-19-13-26(33)35-25-14-20(29-18(3)32)10-11-21(19)25/h4-14H,15H2,1-3H3,(H,29,32). The summed E-state index contributed by atoms with van der Waals surface area (Å²) in [7, 11) is 0. The number of aryl methyl sites for hydroxylation is 2. The molecule has 5 rings (SSSR count). The number of aromatic nitrogens is 2. The van der Waals surface area contributed by atoms with E-state index in [0.29, 0.717) is 33.1 Å². The fourth-order valence-corrected chi connectivity index (χ4v) is 5.15. The lowest BCUT2D eigenvalue weighted by atomic mass is 10.1. The SMILES string of the molecule is CC(=O)Nc1ccc2c(CSc3nc4ccccc4c(=O)n3-c3cc(C)ccc3C)cc(=O)oc2c1. The Balaban J connectivity index is 1.62. The molecule has 5 aromatic rings. The minimum atomic E-state index is -0.489. The molecule has 2 heterocycles. The molecule has 180 valence electrons. The first-order valence-corrected chi connectivity index (χ1v) is 12.4. The maximum absolute atomic E-state index is 13.6. The second kappa shape index (κ2) is 9.47. The van der Waals surface area contributed by atoms with Crippen LogP contribution in [-0.2, 0) is 10.5 Å². The summed E-state index contributed by atoms with van der Waals surface area (Å²) in [5.41, 5.74) is 4.42. The summed E-state index contributed by atoms with van der Waals surface area (Å²) < 4.78 is 7.04. The van der Waals surface area contributed by atoms with Gasteiger partial charge in [0, 0.05) is 35.9 Å². The van der Waals surface area contributed by atoms with Crippen molar-refractivity contribution in [1.29, 1.82) is 0 Å². The molecule has 1 N–H and O–H groups in total. The first kappa shape index (κ1) is 23.6. The monoisotopic (exact) mass is 497 g/mol. The highest BCUT2D eigenvalue weighted by atomic mass is 32.2. The molecule has 8 heteroatoms. The molecule has 3 aromatic carbocycles. The maximum atomic E-state index is 13.6. The van der Waals surface area contributed by atoms with E-state index in [1.165, 1.54) is 24.8 Å². The Labute approximate surface area is 210 Å². The predicted molar refractivity (Wildman–Crippen MR) is 143 cm³/mol. The lowest BCUT2D eigenvalue weighted by Crippen LogP contribution is -2.22. The minimum Gasteiger partial charge on any atom is -0.423 e. The van der Waals surface area contributed by atoms with Gasteiger partial charge in [0.05, 0.1) is 16.6 Å². The molecule has 36 heavy (non-hydrogen) atoms. The molecule has 1 amide bonds. The van der Waals surface area contributed by atoms with Crippen molar-refractivity contribution >= 4 is 45.2 Å². The number of thioether (sulfide) groups is 1. The van der Waals surface area contributed by atoms with Crippen molar-refractivity contribution in [2.75, 3.05) is 5.32 Å². The van der Waals surface area contributed by atoms with Crippen molar-refractivity contribution in [2.45, 2.75) is 31.7 Å². The fourth-order valence-electron chi connectivity index (χ4n) is 4.15. The van der Waals surface area contributed by atoms with Crippen molar-refractivity contribution in [2.24, 2.45) is 0 Å². The maximum Gasteiger partial charge on any atom is 0.336 e. The molecule has 0 unspecified atom stereocenters. The van der Waals surface area contributed by atoms with Gasteiger partial charge in [0.1, 0.15) is 5.58 Å². The number of rotatable bonds is 5. The highest BCUT2D eigenvalue weighted by Gasteiger charge is 2.16. The quantitative estimate of drug-likeness (QED) is 0.200. The largest absolute Gasteiger partial charge is 0.423 e. The first-order chi connectivity index (χ1) is 17.3. The van der Waals surface area contributed by atoms with E-state index in [0.717, 1.165) is 27.8 Å². The van der Waals surface area contributed by atoms with Gasteiger partial charge < -0.3 is 9.73 Å². The Kier molecular flexibility index (Phi) is 6.20. The number of hydrogen-bond donors (Lipinski definition) is 1. The summed E-state index contributed by atoms with van der Waals surface area (Å²) in [5, 5.41) is 4.52. The third-order valence-electron chi connectivity index (χ3n) is 5.86. The summed E-state index contributed by atoms with van der Waals surface area (Å²) in [6, 6.07) is 19.9. The number of hydrogen-bond acceptors (Lipinski definition) is 6. The number of anilines is 1. The van der Waals surface area contributed by atoms with E-state index in [-0.39, 0.29) is 11.5 Å². The molecule has 0 aliphatic heterocycles. The third-order valence-corrected chi connectivity index (χ3v) is 6.85. The van der Waals surface area contributed by atoms with E-state index in [4.69, 9.17) is 9.40 Å². The van der Waals surface area contributed by atoms with Gasteiger partial charge in [0.2, 0.25) is 5.91 Å². The Morgan fingerprint density at radius 3 is 2.61 bits per heavy atom. The van der Waals surface area contributed by atoms with E-state index in [1.807, 2.05) is 56.3 Å². The number of carbonyl (C=O) groups is 1. The Bertz CT molecular complexity index is 1770. The summed E-state index contributed by atoms with van der Waals surface area (Å²) in [6.45, 7) is 5.37. The molecular weight excluding hydrogens is 474 g/mol. The summed E-state index contributed by atoms with van der Waals surface area (Å²) in [6.07, 6.45) is 0. The second-order valence-corrected chi connectivity index (χ2v) is 9.56. The highest BCUT2D eigenvalue weighted by molar-refractivity contribution is 7.98. The van der Waals surface area contributed by atoms with Crippen LogP contribution in [0.1, 0.15) is 23.6 Å². The molecule has 2 aromatic heterocycles. The summed E-state index contributed by atoms with van der Waals surface area (Å²) >= 11 is 1.38. The average Bonchev–Trinajstić information content (AvgIpc) is 2.84. The van der Waals surface area contributed by atoms with E-state index < -0.39 is 5.63 Å². The van der Waals surface area contributed by atoms with Gasteiger partial charge in [0.15, 0.2) is 5.16 Å². The van der Waals surface area contributed by atoms with E-state index in [1.54, 1.807) is 22.8 Å². The van der Waals surface area contributed by atoms with Gasteiger partial charge in [-0.3, -0.25) is 14.2 Å². The normalized spacial score (nSPS) is 11.2. The molecule has 0 bridgehead atoms. The van der Waals surface area contributed by atoms with Crippen LogP contribution in [0.15, 0.2) is 85.9 Å². The van der Waals surface area contributed by atoms with Crippen molar-refractivity contribution in [3.8, 4) is 5.69 Å². The number of amides is 1. The van der Waals surface area contributed by atoms with Crippen LogP contribution in [0.25, 0.3) is 27.6 Å². The van der Waals surface area contributed by atoms with E-state index in [2.05, 4.69) is 5.32 Å². The molecule has 0 spiro atoms. The van der Waals surface area contributed by atoms with E-state index in [9.17, 15) is 14.4 Å². The lowest BCUT2D eigenvalue weighted by Gasteiger charge is -2.16. The molecular formula is C28H23N3O4S. The van der Waals surface area contributed by atoms with Gasteiger partial charge in [-0.15, -0.1) is 0 Å². The number of benzene rings is 3. The summed E-state index contributed by atoms with van der Waals surface area (Å²) in [5.74, 6) is 0.173. The van der Waals surface area contributed by atoms with E-state index >= 15 is 0 Å².